The van der Waals surface area contributed by atoms with Crippen LogP contribution >= 0.6 is 0 Å². The van der Waals surface area contributed by atoms with Crippen molar-refractivity contribution < 1.29 is 18.0 Å². The van der Waals surface area contributed by atoms with Crippen LogP contribution in [0.15, 0.2) is 42.6 Å². The second-order valence-corrected chi connectivity index (χ2v) is 5.65. The van der Waals surface area contributed by atoms with Crippen molar-refractivity contribution >= 4 is 11.8 Å². The van der Waals surface area contributed by atoms with Crippen LogP contribution in [0.1, 0.15) is 16.7 Å². The Morgan fingerprint density at radius 1 is 1.08 bits per heavy atom. The number of halogens is 3. The predicted octanol–water partition coefficient (Wildman–Crippen LogP) is 3.17. The lowest BCUT2D eigenvalue weighted by Gasteiger charge is -2.13. The fourth-order valence-electron chi connectivity index (χ4n) is 2.10. The number of carbonyl (C=O) groups is 1. The van der Waals surface area contributed by atoms with E-state index in [0.29, 0.717) is 5.56 Å². The lowest BCUT2D eigenvalue weighted by atomic mass is 10.1. The quantitative estimate of drug-likeness (QED) is 0.869. The Balaban J connectivity index is 1.86. The Hall–Kier alpha value is -2.77. The van der Waals surface area contributed by atoms with Gasteiger partial charge in [-0.3, -0.25) is 0 Å². The summed E-state index contributed by atoms with van der Waals surface area (Å²) in [5.41, 5.74) is 0.511. The van der Waals surface area contributed by atoms with Gasteiger partial charge in [0.15, 0.2) is 0 Å². The van der Waals surface area contributed by atoms with Gasteiger partial charge >= 0.3 is 12.2 Å². The third-order valence-corrected chi connectivity index (χ3v) is 3.43. The summed E-state index contributed by atoms with van der Waals surface area (Å²) in [4.78, 5) is 17.8. The topological polar surface area (TPSA) is 57.3 Å². The average molecular weight is 352 g/mol. The van der Waals surface area contributed by atoms with Gasteiger partial charge in [-0.05, 0) is 35.4 Å². The van der Waals surface area contributed by atoms with E-state index in [1.165, 1.54) is 12.1 Å². The second kappa shape index (κ2) is 7.87. The van der Waals surface area contributed by atoms with Crippen LogP contribution in [-0.4, -0.2) is 25.1 Å². The maximum absolute atomic E-state index is 12.7. The van der Waals surface area contributed by atoms with Crippen LogP contribution in [0.2, 0.25) is 0 Å². The summed E-state index contributed by atoms with van der Waals surface area (Å²) < 4.78 is 38.0. The van der Waals surface area contributed by atoms with Crippen LogP contribution in [0.3, 0.4) is 0 Å². The fraction of sp³-hybridized carbons (Fsp3) is 0.294. The standard InChI is InChI=1S/C17H19F3N4O/c1-24(2)15-9-13(6-7-21-15)11-23-16(25)22-10-12-4-3-5-14(8-12)17(18,19)20/h3-9H,10-11H2,1-2H3,(H2,22,23,25). The van der Waals surface area contributed by atoms with Gasteiger partial charge in [0.05, 0.1) is 5.56 Å². The monoisotopic (exact) mass is 352 g/mol. The van der Waals surface area contributed by atoms with Crippen LogP contribution in [0.25, 0.3) is 0 Å². The number of alkyl halides is 3. The number of hydrogen-bond acceptors (Lipinski definition) is 3. The molecule has 1 aromatic heterocycles. The molecule has 2 amide bonds. The molecule has 2 rings (SSSR count). The minimum absolute atomic E-state index is 0.00897. The molecule has 134 valence electrons. The molecule has 0 aliphatic carbocycles. The summed E-state index contributed by atoms with van der Waals surface area (Å²) in [5, 5.41) is 5.20. The summed E-state index contributed by atoms with van der Waals surface area (Å²) in [6.07, 6.45) is -2.75. The van der Waals surface area contributed by atoms with Crippen molar-refractivity contribution in [3.63, 3.8) is 0 Å². The average Bonchev–Trinajstić information content (AvgIpc) is 2.58. The first-order chi connectivity index (χ1) is 11.8. The normalized spacial score (nSPS) is 11.1. The summed E-state index contributed by atoms with van der Waals surface area (Å²) in [6.45, 7) is 0.298. The van der Waals surface area contributed by atoms with Crippen LogP contribution in [0.4, 0.5) is 23.8 Å². The number of carbonyl (C=O) groups excluding carboxylic acids is 1. The smallest absolute Gasteiger partial charge is 0.363 e. The Labute approximate surface area is 143 Å². The first-order valence-corrected chi connectivity index (χ1v) is 7.56. The molecule has 1 heterocycles. The van der Waals surface area contributed by atoms with Crippen molar-refractivity contribution in [2.45, 2.75) is 19.3 Å². The van der Waals surface area contributed by atoms with E-state index in [2.05, 4.69) is 15.6 Å². The van der Waals surface area contributed by atoms with Gasteiger partial charge in [-0.25, -0.2) is 9.78 Å². The van der Waals surface area contributed by atoms with Gasteiger partial charge in [0.1, 0.15) is 5.82 Å². The molecule has 25 heavy (non-hydrogen) atoms. The molecule has 2 N–H and O–H groups in total. The lowest BCUT2D eigenvalue weighted by Crippen LogP contribution is -2.34. The third-order valence-electron chi connectivity index (χ3n) is 3.43. The minimum atomic E-state index is -4.40. The molecule has 0 bridgehead atoms. The summed E-state index contributed by atoms with van der Waals surface area (Å²) in [5.74, 6) is 0.767. The predicted molar refractivity (Wildman–Crippen MR) is 89.1 cm³/mol. The van der Waals surface area contributed by atoms with E-state index in [-0.39, 0.29) is 13.1 Å². The van der Waals surface area contributed by atoms with Crippen LogP contribution in [-0.2, 0) is 19.3 Å². The number of amides is 2. The van der Waals surface area contributed by atoms with E-state index in [1.54, 1.807) is 12.3 Å². The molecule has 2 aromatic rings. The molecule has 0 saturated heterocycles. The summed E-state index contributed by atoms with van der Waals surface area (Å²) in [7, 11) is 3.72. The number of rotatable bonds is 5. The number of nitrogens with one attached hydrogen (secondary N) is 2. The number of nitrogens with zero attached hydrogens (tertiary/aromatic N) is 2. The lowest BCUT2D eigenvalue weighted by molar-refractivity contribution is -0.137. The Bertz CT molecular complexity index is 732. The van der Waals surface area contributed by atoms with Crippen molar-refractivity contribution in [1.82, 2.24) is 15.6 Å². The maximum Gasteiger partial charge on any atom is 0.416 e. The van der Waals surface area contributed by atoms with Gasteiger partial charge < -0.3 is 15.5 Å². The molecule has 0 spiro atoms. The Morgan fingerprint density at radius 2 is 1.72 bits per heavy atom. The largest absolute Gasteiger partial charge is 0.416 e. The highest BCUT2D eigenvalue weighted by atomic mass is 19.4. The zero-order valence-electron chi connectivity index (χ0n) is 13.9. The van der Waals surface area contributed by atoms with Gasteiger partial charge in [-0.1, -0.05) is 12.1 Å². The molecular weight excluding hydrogens is 333 g/mol. The van der Waals surface area contributed by atoms with Gasteiger partial charge in [0, 0.05) is 33.4 Å². The molecule has 0 radical (unpaired) electrons. The van der Waals surface area contributed by atoms with Crippen LogP contribution in [0.5, 0.6) is 0 Å². The zero-order valence-corrected chi connectivity index (χ0v) is 13.9. The minimum Gasteiger partial charge on any atom is -0.363 e. The fourth-order valence-corrected chi connectivity index (χ4v) is 2.10. The number of urea groups is 1. The highest BCUT2D eigenvalue weighted by Crippen LogP contribution is 2.29. The molecule has 0 saturated carbocycles. The highest BCUT2D eigenvalue weighted by molar-refractivity contribution is 5.73. The first-order valence-electron chi connectivity index (χ1n) is 7.56. The molecule has 5 nitrogen and oxygen atoms in total. The van der Waals surface area contributed by atoms with E-state index >= 15 is 0 Å². The Morgan fingerprint density at radius 3 is 2.32 bits per heavy atom. The molecule has 0 aliphatic heterocycles. The Kier molecular flexibility index (Phi) is 5.84. The first kappa shape index (κ1) is 18.6. The van der Waals surface area contributed by atoms with Gasteiger partial charge in [-0.2, -0.15) is 13.2 Å². The van der Waals surface area contributed by atoms with Gasteiger partial charge in [0.25, 0.3) is 0 Å². The van der Waals surface area contributed by atoms with E-state index in [0.717, 1.165) is 23.5 Å². The van der Waals surface area contributed by atoms with Crippen LogP contribution in [0, 0.1) is 0 Å². The van der Waals surface area contributed by atoms with E-state index in [1.807, 2.05) is 25.1 Å². The third kappa shape index (κ3) is 5.66. The number of pyridine rings is 1. The number of anilines is 1. The summed E-state index contributed by atoms with van der Waals surface area (Å²) >= 11 is 0. The molecule has 0 fully saturated rings. The van der Waals surface area contributed by atoms with Gasteiger partial charge in [0.2, 0.25) is 0 Å². The molecular formula is C17H19F3N4O. The molecule has 0 unspecified atom stereocenters. The van der Waals surface area contributed by atoms with Crippen molar-refractivity contribution in [2.75, 3.05) is 19.0 Å². The zero-order chi connectivity index (χ0) is 18.4. The van der Waals surface area contributed by atoms with Crippen molar-refractivity contribution in [3.8, 4) is 0 Å². The number of hydrogen-bond donors (Lipinski definition) is 2. The highest BCUT2D eigenvalue weighted by Gasteiger charge is 2.30. The van der Waals surface area contributed by atoms with Crippen LogP contribution < -0.4 is 15.5 Å². The second-order valence-electron chi connectivity index (χ2n) is 5.65. The van der Waals surface area contributed by atoms with Crippen molar-refractivity contribution in [3.05, 3.63) is 59.3 Å². The molecule has 0 aliphatic rings. The van der Waals surface area contributed by atoms with E-state index < -0.39 is 17.8 Å². The van der Waals surface area contributed by atoms with E-state index in [4.69, 9.17) is 0 Å². The van der Waals surface area contributed by atoms with Crippen molar-refractivity contribution in [1.29, 1.82) is 0 Å². The molecule has 0 atom stereocenters. The molecule has 8 heteroatoms. The number of aromatic nitrogens is 1. The SMILES string of the molecule is CN(C)c1cc(CNC(=O)NCc2cccc(C(F)(F)F)c2)ccn1. The van der Waals surface area contributed by atoms with E-state index in [9.17, 15) is 18.0 Å². The van der Waals surface area contributed by atoms with Crippen molar-refractivity contribution in [2.24, 2.45) is 0 Å². The van der Waals surface area contributed by atoms with Gasteiger partial charge in [-0.15, -0.1) is 0 Å². The number of benzene rings is 1. The maximum atomic E-state index is 12.7. The molecule has 1 aromatic carbocycles. The summed E-state index contributed by atoms with van der Waals surface area (Å²) in [6, 6.07) is 8.02.